The molecule has 2 amide bonds. The molecule has 116 valence electrons. The first-order chi connectivity index (χ1) is 10.1. The van der Waals surface area contributed by atoms with E-state index in [0.29, 0.717) is 36.5 Å². The molecular formula is C14H19BrN2O4. The second kappa shape index (κ2) is 7.61. The Morgan fingerprint density at radius 2 is 2.14 bits per heavy atom. The number of nitrogens with zero attached hydrogens (tertiary/aromatic N) is 1. The van der Waals surface area contributed by atoms with E-state index >= 15 is 0 Å². The van der Waals surface area contributed by atoms with Crippen LogP contribution in [0.3, 0.4) is 0 Å². The highest BCUT2D eigenvalue weighted by molar-refractivity contribution is 9.10. The third kappa shape index (κ3) is 4.57. The molecule has 0 saturated carbocycles. The fraction of sp³-hybridized carbons (Fsp3) is 0.571. The smallest absolute Gasteiger partial charge is 0.289 e. The minimum atomic E-state index is -0.107. The van der Waals surface area contributed by atoms with E-state index in [1.165, 1.54) is 0 Å². The molecule has 1 fully saturated rings. The molecule has 1 saturated heterocycles. The fourth-order valence-corrected chi connectivity index (χ4v) is 2.61. The Labute approximate surface area is 131 Å². The van der Waals surface area contributed by atoms with Gasteiger partial charge in [0.1, 0.15) is 0 Å². The summed E-state index contributed by atoms with van der Waals surface area (Å²) in [5.74, 6) is 0.228. The molecule has 1 aromatic heterocycles. The van der Waals surface area contributed by atoms with Gasteiger partial charge in [0, 0.05) is 32.7 Å². The van der Waals surface area contributed by atoms with Crippen molar-refractivity contribution >= 4 is 27.7 Å². The van der Waals surface area contributed by atoms with Crippen molar-refractivity contribution in [3.63, 3.8) is 0 Å². The van der Waals surface area contributed by atoms with E-state index in [1.807, 2.05) is 0 Å². The van der Waals surface area contributed by atoms with Gasteiger partial charge in [0.15, 0.2) is 10.4 Å². The highest BCUT2D eigenvalue weighted by Crippen LogP contribution is 2.18. The van der Waals surface area contributed by atoms with Gasteiger partial charge in [0.2, 0.25) is 5.91 Å². The van der Waals surface area contributed by atoms with Gasteiger partial charge in [0.05, 0.1) is 6.61 Å². The lowest BCUT2D eigenvalue weighted by Gasteiger charge is -2.31. The van der Waals surface area contributed by atoms with Gasteiger partial charge >= 0.3 is 0 Å². The van der Waals surface area contributed by atoms with Crippen LogP contribution in [-0.4, -0.2) is 49.6 Å². The van der Waals surface area contributed by atoms with Crippen LogP contribution in [0.1, 0.15) is 29.8 Å². The van der Waals surface area contributed by atoms with E-state index in [0.717, 1.165) is 12.8 Å². The summed E-state index contributed by atoms with van der Waals surface area (Å²) in [4.78, 5) is 25.6. The van der Waals surface area contributed by atoms with Crippen LogP contribution in [0.25, 0.3) is 0 Å². The molecule has 7 heteroatoms. The fourth-order valence-electron chi connectivity index (χ4n) is 2.31. The summed E-state index contributed by atoms with van der Waals surface area (Å²) in [6.07, 6.45) is 1.88. The number of carbonyl (C=O) groups excluding carboxylic acids is 2. The zero-order chi connectivity index (χ0) is 15.2. The van der Waals surface area contributed by atoms with Crippen LogP contribution < -0.4 is 5.32 Å². The van der Waals surface area contributed by atoms with Crippen molar-refractivity contribution in [2.45, 2.75) is 25.3 Å². The molecule has 1 N–H and O–H groups in total. The van der Waals surface area contributed by atoms with Gasteiger partial charge in [-0.3, -0.25) is 9.59 Å². The Hall–Kier alpha value is -1.34. The van der Waals surface area contributed by atoms with Crippen LogP contribution in [0.5, 0.6) is 0 Å². The molecule has 1 aliphatic rings. The van der Waals surface area contributed by atoms with Crippen molar-refractivity contribution in [3.05, 3.63) is 22.6 Å². The number of furan rings is 1. The molecule has 2 rings (SSSR count). The van der Waals surface area contributed by atoms with Crippen molar-refractivity contribution < 1.29 is 18.7 Å². The molecule has 2 heterocycles. The van der Waals surface area contributed by atoms with Crippen LogP contribution in [0.4, 0.5) is 0 Å². The summed E-state index contributed by atoms with van der Waals surface area (Å²) in [6.45, 7) is 1.66. The highest BCUT2D eigenvalue weighted by Gasteiger charge is 2.26. The van der Waals surface area contributed by atoms with Crippen molar-refractivity contribution in [1.82, 2.24) is 10.2 Å². The molecule has 0 radical (unpaired) electrons. The summed E-state index contributed by atoms with van der Waals surface area (Å²) < 4.78 is 10.7. The van der Waals surface area contributed by atoms with Crippen molar-refractivity contribution in [2.24, 2.45) is 0 Å². The minimum Gasteiger partial charge on any atom is -0.444 e. The van der Waals surface area contributed by atoms with Gasteiger partial charge in [-0.05, 0) is 40.9 Å². The number of rotatable bonds is 5. The number of piperidine rings is 1. The average molecular weight is 359 g/mol. The predicted octanol–water partition coefficient (Wildman–Crippen LogP) is 1.80. The number of likely N-dealkylation sites (tertiary alicyclic amines) is 1. The minimum absolute atomic E-state index is 0.00316. The maximum absolute atomic E-state index is 12.2. The van der Waals surface area contributed by atoms with E-state index in [2.05, 4.69) is 21.2 Å². The lowest BCUT2D eigenvalue weighted by Crippen LogP contribution is -2.46. The Kier molecular flexibility index (Phi) is 5.81. The van der Waals surface area contributed by atoms with Crippen molar-refractivity contribution in [1.29, 1.82) is 0 Å². The number of nitrogens with one attached hydrogen (secondary N) is 1. The molecule has 1 aromatic rings. The number of methoxy groups -OCH3 is 1. The first kappa shape index (κ1) is 16.0. The second-order valence-electron chi connectivity index (χ2n) is 4.98. The van der Waals surface area contributed by atoms with Gasteiger partial charge in [-0.25, -0.2) is 0 Å². The second-order valence-corrected chi connectivity index (χ2v) is 5.76. The van der Waals surface area contributed by atoms with Crippen LogP contribution in [-0.2, 0) is 9.53 Å². The van der Waals surface area contributed by atoms with Gasteiger partial charge in [-0.2, -0.15) is 0 Å². The summed E-state index contributed by atoms with van der Waals surface area (Å²) in [5, 5.41) is 2.97. The Morgan fingerprint density at radius 3 is 2.71 bits per heavy atom. The number of hydrogen-bond acceptors (Lipinski definition) is 4. The molecular weight excluding hydrogens is 340 g/mol. The first-order valence-electron chi connectivity index (χ1n) is 6.93. The molecule has 0 aromatic carbocycles. The third-order valence-electron chi connectivity index (χ3n) is 3.46. The monoisotopic (exact) mass is 358 g/mol. The molecule has 1 aliphatic heterocycles. The lowest BCUT2D eigenvalue weighted by molar-refractivity contribution is -0.122. The predicted molar refractivity (Wildman–Crippen MR) is 80.0 cm³/mol. The molecule has 0 atom stereocenters. The normalized spacial score (nSPS) is 16.0. The van der Waals surface area contributed by atoms with Crippen LogP contribution >= 0.6 is 15.9 Å². The number of ether oxygens (including phenoxy) is 1. The van der Waals surface area contributed by atoms with Gasteiger partial charge < -0.3 is 19.4 Å². The molecule has 0 spiro atoms. The Morgan fingerprint density at radius 1 is 1.43 bits per heavy atom. The van der Waals surface area contributed by atoms with E-state index in [-0.39, 0.29) is 17.9 Å². The number of halogens is 1. The number of amides is 2. The van der Waals surface area contributed by atoms with Gasteiger partial charge in [0.25, 0.3) is 5.91 Å². The molecule has 6 nitrogen and oxygen atoms in total. The van der Waals surface area contributed by atoms with Crippen LogP contribution in [0, 0.1) is 0 Å². The zero-order valence-electron chi connectivity index (χ0n) is 11.9. The summed E-state index contributed by atoms with van der Waals surface area (Å²) in [5.41, 5.74) is 0. The van der Waals surface area contributed by atoms with E-state index in [9.17, 15) is 9.59 Å². The number of carbonyl (C=O) groups is 2. The van der Waals surface area contributed by atoms with Crippen LogP contribution in [0.15, 0.2) is 21.2 Å². The maximum Gasteiger partial charge on any atom is 0.289 e. The molecule has 21 heavy (non-hydrogen) atoms. The topological polar surface area (TPSA) is 71.8 Å². The summed E-state index contributed by atoms with van der Waals surface area (Å²) in [7, 11) is 1.57. The Balaban J connectivity index is 1.78. The average Bonchev–Trinajstić information content (AvgIpc) is 2.92. The van der Waals surface area contributed by atoms with Crippen molar-refractivity contribution in [2.75, 3.05) is 26.8 Å². The maximum atomic E-state index is 12.2. The highest BCUT2D eigenvalue weighted by atomic mass is 79.9. The quantitative estimate of drug-likeness (QED) is 0.870. The third-order valence-corrected chi connectivity index (χ3v) is 3.89. The summed E-state index contributed by atoms with van der Waals surface area (Å²) >= 11 is 3.19. The standard InChI is InChI=1S/C14H19BrN2O4/c1-20-9-6-13(18)16-10-4-7-17(8-5-10)14(19)11-2-3-12(15)21-11/h2-3,10H,4-9H2,1H3,(H,16,18). The molecule has 0 aliphatic carbocycles. The van der Waals surface area contributed by atoms with Crippen LogP contribution in [0.2, 0.25) is 0 Å². The van der Waals surface area contributed by atoms with Gasteiger partial charge in [-0.1, -0.05) is 0 Å². The van der Waals surface area contributed by atoms with Crippen molar-refractivity contribution in [3.8, 4) is 0 Å². The van der Waals surface area contributed by atoms with Gasteiger partial charge in [-0.15, -0.1) is 0 Å². The van der Waals surface area contributed by atoms with E-state index in [1.54, 1.807) is 24.1 Å². The SMILES string of the molecule is COCCC(=O)NC1CCN(C(=O)c2ccc(Br)o2)CC1. The molecule has 0 unspecified atom stereocenters. The van der Waals surface area contributed by atoms with E-state index in [4.69, 9.17) is 9.15 Å². The summed E-state index contributed by atoms with van der Waals surface area (Å²) in [6, 6.07) is 3.49. The largest absolute Gasteiger partial charge is 0.444 e. The zero-order valence-corrected chi connectivity index (χ0v) is 13.5. The lowest BCUT2D eigenvalue weighted by atomic mass is 10.0. The Bertz CT molecular complexity index is 495. The van der Waals surface area contributed by atoms with E-state index < -0.39 is 0 Å². The first-order valence-corrected chi connectivity index (χ1v) is 7.72. The number of hydrogen-bond donors (Lipinski definition) is 1. The molecule has 0 bridgehead atoms.